The Balaban J connectivity index is 1.80. The zero-order valence-electron chi connectivity index (χ0n) is 13.6. The van der Waals surface area contributed by atoms with Crippen LogP contribution in [0, 0.1) is 0 Å². The Morgan fingerprint density at radius 1 is 1.08 bits per heavy atom. The van der Waals surface area contributed by atoms with Gasteiger partial charge in [0, 0.05) is 11.9 Å². The SMILES string of the molecule is CCCCS(=O)(=O)Nc1ccc(N2C(=O)c3cccnc3C2=O)cc1. The van der Waals surface area contributed by atoms with Crippen LogP contribution in [0.1, 0.15) is 40.6 Å². The van der Waals surface area contributed by atoms with Gasteiger partial charge >= 0.3 is 0 Å². The maximum Gasteiger partial charge on any atom is 0.284 e. The van der Waals surface area contributed by atoms with Gasteiger partial charge in [0.1, 0.15) is 5.69 Å². The molecule has 1 aromatic carbocycles. The molecule has 0 radical (unpaired) electrons. The number of rotatable bonds is 6. The molecule has 1 aliphatic rings. The van der Waals surface area contributed by atoms with Crippen molar-refractivity contribution < 1.29 is 18.0 Å². The second-order valence-electron chi connectivity index (χ2n) is 5.67. The fourth-order valence-corrected chi connectivity index (χ4v) is 3.81. The normalized spacial score (nSPS) is 13.9. The maximum absolute atomic E-state index is 12.4. The number of aromatic nitrogens is 1. The third kappa shape index (κ3) is 3.39. The van der Waals surface area contributed by atoms with E-state index in [1.165, 1.54) is 30.5 Å². The van der Waals surface area contributed by atoms with E-state index in [9.17, 15) is 18.0 Å². The zero-order valence-corrected chi connectivity index (χ0v) is 14.4. The molecule has 8 heteroatoms. The molecule has 2 heterocycles. The van der Waals surface area contributed by atoms with Crippen LogP contribution in [-0.4, -0.2) is 31.0 Å². The minimum Gasteiger partial charge on any atom is -0.284 e. The molecule has 2 aromatic rings. The van der Waals surface area contributed by atoms with E-state index >= 15 is 0 Å². The highest BCUT2D eigenvalue weighted by Gasteiger charge is 2.37. The predicted molar refractivity (Wildman–Crippen MR) is 94.1 cm³/mol. The largest absolute Gasteiger partial charge is 0.284 e. The summed E-state index contributed by atoms with van der Waals surface area (Å²) in [4.78, 5) is 29.8. The van der Waals surface area contributed by atoms with Crippen LogP contribution in [0.2, 0.25) is 0 Å². The van der Waals surface area contributed by atoms with Crippen molar-refractivity contribution in [2.24, 2.45) is 0 Å². The number of imide groups is 1. The fraction of sp³-hybridized carbons (Fsp3) is 0.235. The third-order valence-electron chi connectivity index (χ3n) is 3.81. The molecule has 1 aliphatic heterocycles. The van der Waals surface area contributed by atoms with E-state index in [0.29, 0.717) is 17.8 Å². The van der Waals surface area contributed by atoms with Crippen LogP contribution in [0.4, 0.5) is 11.4 Å². The number of amides is 2. The highest BCUT2D eigenvalue weighted by atomic mass is 32.2. The minimum absolute atomic E-state index is 0.0509. The molecule has 0 unspecified atom stereocenters. The average molecular weight is 359 g/mol. The summed E-state index contributed by atoms with van der Waals surface area (Å²) >= 11 is 0. The molecule has 130 valence electrons. The Labute approximate surface area is 145 Å². The number of pyridine rings is 1. The third-order valence-corrected chi connectivity index (χ3v) is 5.19. The molecule has 0 saturated heterocycles. The summed E-state index contributed by atoms with van der Waals surface area (Å²) in [5.41, 5.74) is 1.13. The lowest BCUT2D eigenvalue weighted by molar-refractivity contribution is 0.0924. The summed E-state index contributed by atoms with van der Waals surface area (Å²) in [5.74, 6) is -0.878. The van der Waals surface area contributed by atoms with Gasteiger partial charge in [0.15, 0.2) is 0 Å². The molecule has 1 N–H and O–H groups in total. The molecule has 7 nitrogen and oxygen atoms in total. The van der Waals surface area contributed by atoms with Crippen LogP contribution in [0.25, 0.3) is 0 Å². The number of carbonyl (C=O) groups is 2. The molecule has 0 atom stereocenters. The van der Waals surface area contributed by atoms with Gasteiger partial charge in [-0.1, -0.05) is 13.3 Å². The fourth-order valence-electron chi connectivity index (χ4n) is 2.54. The van der Waals surface area contributed by atoms with E-state index in [-0.39, 0.29) is 17.0 Å². The summed E-state index contributed by atoms with van der Waals surface area (Å²) in [5, 5.41) is 0. The molecule has 0 saturated carbocycles. The van der Waals surface area contributed by atoms with Crippen LogP contribution >= 0.6 is 0 Å². The lowest BCUT2D eigenvalue weighted by Crippen LogP contribution is -2.29. The van der Waals surface area contributed by atoms with E-state index in [2.05, 4.69) is 9.71 Å². The number of carbonyl (C=O) groups excluding carboxylic acids is 2. The van der Waals surface area contributed by atoms with Crippen molar-refractivity contribution in [3.63, 3.8) is 0 Å². The van der Waals surface area contributed by atoms with Crippen molar-refractivity contribution in [3.05, 3.63) is 53.9 Å². The van der Waals surface area contributed by atoms with Gasteiger partial charge in [-0.05, 0) is 42.8 Å². The quantitative estimate of drug-likeness (QED) is 0.799. The lowest BCUT2D eigenvalue weighted by atomic mass is 10.2. The van der Waals surface area contributed by atoms with Crippen LogP contribution in [-0.2, 0) is 10.0 Å². The van der Waals surface area contributed by atoms with Gasteiger partial charge in [0.05, 0.1) is 17.0 Å². The number of anilines is 2. The first-order valence-corrected chi connectivity index (χ1v) is 9.52. The molecular formula is C17H17N3O4S. The van der Waals surface area contributed by atoms with Crippen LogP contribution in [0.5, 0.6) is 0 Å². The molecule has 25 heavy (non-hydrogen) atoms. The van der Waals surface area contributed by atoms with Gasteiger partial charge in [-0.25, -0.2) is 13.3 Å². The van der Waals surface area contributed by atoms with Crippen molar-refractivity contribution >= 4 is 33.2 Å². The Morgan fingerprint density at radius 2 is 1.80 bits per heavy atom. The molecule has 1 aromatic heterocycles. The Hall–Kier alpha value is -2.74. The Kier molecular flexibility index (Phi) is 4.54. The topological polar surface area (TPSA) is 96.4 Å². The van der Waals surface area contributed by atoms with Crippen molar-refractivity contribution in [2.75, 3.05) is 15.4 Å². The number of unbranched alkanes of at least 4 members (excludes halogenated alkanes) is 1. The smallest absolute Gasteiger partial charge is 0.284 e. The van der Waals surface area contributed by atoms with Crippen LogP contribution in [0.3, 0.4) is 0 Å². The minimum atomic E-state index is -3.40. The lowest BCUT2D eigenvalue weighted by Gasteiger charge is -2.14. The molecule has 3 rings (SSSR count). The van der Waals surface area contributed by atoms with E-state index in [1.54, 1.807) is 12.1 Å². The standard InChI is InChI=1S/C17H17N3O4S/c1-2-3-11-25(23,24)19-12-6-8-13(9-7-12)20-16(21)14-5-4-10-18-15(14)17(20)22/h4-10,19H,2-3,11H2,1H3. The number of nitrogens with zero attached hydrogens (tertiary/aromatic N) is 2. The van der Waals surface area contributed by atoms with E-state index < -0.39 is 21.8 Å². The van der Waals surface area contributed by atoms with Gasteiger partial charge in [-0.2, -0.15) is 0 Å². The highest BCUT2D eigenvalue weighted by Crippen LogP contribution is 2.28. The van der Waals surface area contributed by atoms with Gasteiger partial charge in [0.2, 0.25) is 10.0 Å². The summed E-state index contributed by atoms with van der Waals surface area (Å²) in [6.45, 7) is 1.92. The van der Waals surface area contributed by atoms with Gasteiger partial charge < -0.3 is 0 Å². The van der Waals surface area contributed by atoms with Gasteiger partial charge in [0.25, 0.3) is 11.8 Å². The second kappa shape index (κ2) is 6.64. The first kappa shape index (κ1) is 17.1. The van der Waals surface area contributed by atoms with Crippen molar-refractivity contribution in [1.29, 1.82) is 0 Å². The summed E-state index contributed by atoms with van der Waals surface area (Å²) in [6, 6.07) is 9.25. The van der Waals surface area contributed by atoms with Gasteiger partial charge in [-0.15, -0.1) is 0 Å². The molecular weight excluding hydrogens is 342 g/mol. The number of hydrogen-bond acceptors (Lipinski definition) is 5. The van der Waals surface area contributed by atoms with Gasteiger partial charge in [-0.3, -0.25) is 19.3 Å². The maximum atomic E-state index is 12.4. The Morgan fingerprint density at radius 3 is 2.44 bits per heavy atom. The number of nitrogens with one attached hydrogen (secondary N) is 1. The molecule has 0 fully saturated rings. The molecule has 0 aliphatic carbocycles. The number of hydrogen-bond donors (Lipinski definition) is 1. The van der Waals surface area contributed by atoms with E-state index in [0.717, 1.165) is 11.3 Å². The Bertz CT molecular complexity index is 888. The average Bonchev–Trinajstić information content (AvgIpc) is 2.85. The van der Waals surface area contributed by atoms with Crippen LogP contribution in [0.15, 0.2) is 42.6 Å². The van der Waals surface area contributed by atoms with E-state index in [4.69, 9.17) is 0 Å². The zero-order chi connectivity index (χ0) is 18.0. The number of sulfonamides is 1. The van der Waals surface area contributed by atoms with Crippen LogP contribution < -0.4 is 9.62 Å². The molecule has 0 spiro atoms. The number of benzene rings is 1. The number of fused-ring (bicyclic) bond motifs is 1. The molecule has 0 bridgehead atoms. The van der Waals surface area contributed by atoms with Crippen molar-refractivity contribution in [3.8, 4) is 0 Å². The summed E-state index contributed by atoms with van der Waals surface area (Å²) in [6.07, 6.45) is 2.82. The van der Waals surface area contributed by atoms with Crippen molar-refractivity contribution in [2.45, 2.75) is 19.8 Å². The van der Waals surface area contributed by atoms with Crippen molar-refractivity contribution in [1.82, 2.24) is 4.98 Å². The predicted octanol–water partition coefficient (Wildman–Crippen LogP) is 2.42. The summed E-state index contributed by atoms with van der Waals surface area (Å²) < 4.78 is 26.3. The summed E-state index contributed by atoms with van der Waals surface area (Å²) in [7, 11) is -3.40. The second-order valence-corrected chi connectivity index (χ2v) is 7.51. The molecule has 2 amide bonds. The first-order chi connectivity index (χ1) is 11.9. The highest BCUT2D eigenvalue weighted by molar-refractivity contribution is 7.92. The first-order valence-electron chi connectivity index (χ1n) is 7.87. The monoisotopic (exact) mass is 359 g/mol. The van der Waals surface area contributed by atoms with E-state index in [1.807, 2.05) is 6.92 Å².